The Hall–Kier alpha value is -0.120. The van der Waals surface area contributed by atoms with Crippen molar-refractivity contribution in [2.75, 3.05) is 40.6 Å². The first-order valence-electron chi connectivity index (χ1n) is 3.55. The fraction of sp³-hybridized carbons (Fsp3) is 1.00. The second-order valence-corrected chi connectivity index (χ2v) is 2.12. The monoisotopic (exact) mass is 147 g/mol. The number of hydrogen-bond donors (Lipinski definition) is 0. The van der Waals surface area contributed by atoms with Crippen LogP contribution in [-0.4, -0.2) is 45.5 Å². The van der Waals surface area contributed by atoms with Crippen LogP contribution in [0.25, 0.3) is 0 Å². The van der Waals surface area contributed by atoms with Crippen LogP contribution in [0.4, 0.5) is 0 Å². The zero-order valence-electron chi connectivity index (χ0n) is 7.09. The largest absolute Gasteiger partial charge is 0.383 e. The van der Waals surface area contributed by atoms with Crippen molar-refractivity contribution in [2.24, 2.45) is 0 Å². The van der Waals surface area contributed by atoms with E-state index in [0.29, 0.717) is 6.73 Å². The Kier molecular flexibility index (Phi) is 6.91. The molecule has 0 N–H and O–H groups in total. The summed E-state index contributed by atoms with van der Waals surface area (Å²) in [6.07, 6.45) is 0. The number of methoxy groups -OCH3 is 2. The third-order valence-corrected chi connectivity index (χ3v) is 1.37. The summed E-state index contributed by atoms with van der Waals surface area (Å²) in [4.78, 5) is 2.17. The molecule has 10 heavy (non-hydrogen) atoms. The fourth-order valence-corrected chi connectivity index (χ4v) is 0.717. The van der Waals surface area contributed by atoms with E-state index >= 15 is 0 Å². The molecule has 0 aliphatic heterocycles. The van der Waals surface area contributed by atoms with Crippen molar-refractivity contribution < 1.29 is 9.47 Å². The van der Waals surface area contributed by atoms with Crippen molar-refractivity contribution in [3.8, 4) is 0 Å². The van der Waals surface area contributed by atoms with Gasteiger partial charge in [0, 0.05) is 20.8 Å². The van der Waals surface area contributed by atoms with Crippen LogP contribution in [0, 0.1) is 0 Å². The van der Waals surface area contributed by atoms with Crippen molar-refractivity contribution in [3.05, 3.63) is 0 Å². The van der Waals surface area contributed by atoms with E-state index in [2.05, 4.69) is 11.8 Å². The summed E-state index contributed by atoms with van der Waals surface area (Å²) >= 11 is 0. The summed E-state index contributed by atoms with van der Waals surface area (Å²) in [7, 11) is 3.41. The van der Waals surface area contributed by atoms with Crippen LogP contribution in [-0.2, 0) is 9.47 Å². The molecule has 0 fully saturated rings. The van der Waals surface area contributed by atoms with Gasteiger partial charge in [-0.2, -0.15) is 0 Å². The molecule has 0 aliphatic rings. The Morgan fingerprint density at radius 2 is 1.90 bits per heavy atom. The van der Waals surface area contributed by atoms with Crippen LogP contribution < -0.4 is 0 Å². The molecule has 0 rings (SSSR count). The molecule has 0 saturated carbocycles. The number of likely N-dealkylation sites (N-methyl/N-ethyl adjacent to an activating group) is 1. The molecule has 0 aromatic heterocycles. The molecule has 0 heterocycles. The first-order valence-corrected chi connectivity index (χ1v) is 3.55. The van der Waals surface area contributed by atoms with Crippen molar-refractivity contribution in [3.63, 3.8) is 0 Å². The minimum atomic E-state index is 0.694. The van der Waals surface area contributed by atoms with E-state index in [4.69, 9.17) is 9.47 Å². The minimum Gasteiger partial charge on any atom is -0.383 e. The zero-order valence-corrected chi connectivity index (χ0v) is 7.09. The van der Waals surface area contributed by atoms with Crippen LogP contribution in [0.3, 0.4) is 0 Å². The molecule has 0 unspecified atom stereocenters. The number of rotatable bonds is 6. The van der Waals surface area contributed by atoms with Crippen molar-refractivity contribution in [1.82, 2.24) is 4.90 Å². The Morgan fingerprint density at radius 3 is 2.30 bits per heavy atom. The van der Waals surface area contributed by atoms with Gasteiger partial charge in [0.1, 0.15) is 0 Å². The van der Waals surface area contributed by atoms with E-state index in [1.165, 1.54) is 0 Å². The van der Waals surface area contributed by atoms with E-state index in [1.54, 1.807) is 14.2 Å². The average molecular weight is 147 g/mol. The molecule has 3 nitrogen and oxygen atoms in total. The maximum absolute atomic E-state index is 4.96. The maximum Gasteiger partial charge on any atom is 0.0987 e. The Bertz CT molecular complexity index is 68.6. The third kappa shape index (κ3) is 4.73. The van der Waals surface area contributed by atoms with Crippen LogP contribution >= 0.6 is 0 Å². The lowest BCUT2D eigenvalue weighted by molar-refractivity contribution is 0.0475. The second-order valence-electron chi connectivity index (χ2n) is 2.12. The van der Waals surface area contributed by atoms with Gasteiger partial charge in [0.25, 0.3) is 0 Å². The molecule has 0 atom stereocenters. The van der Waals surface area contributed by atoms with E-state index in [9.17, 15) is 0 Å². The lowest BCUT2D eigenvalue weighted by atomic mass is 10.5. The standard InChI is InChI=1S/C7H17NO2/c1-4-8(7-10-3)5-6-9-2/h4-7H2,1-3H3. The summed E-state index contributed by atoms with van der Waals surface area (Å²) in [5, 5.41) is 0. The lowest BCUT2D eigenvalue weighted by Crippen LogP contribution is -2.28. The predicted molar refractivity (Wildman–Crippen MR) is 41.0 cm³/mol. The summed E-state index contributed by atoms with van der Waals surface area (Å²) in [6.45, 7) is 5.53. The highest BCUT2D eigenvalue weighted by Gasteiger charge is 1.98. The molecule has 0 aliphatic carbocycles. The fourth-order valence-electron chi connectivity index (χ4n) is 0.717. The quantitative estimate of drug-likeness (QED) is 0.512. The molecule has 0 saturated heterocycles. The molecule has 3 heteroatoms. The van der Waals surface area contributed by atoms with E-state index < -0.39 is 0 Å². The van der Waals surface area contributed by atoms with Gasteiger partial charge in [0.2, 0.25) is 0 Å². The summed E-state index contributed by atoms with van der Waals surface area (Å²) in [5.41, 5.74) is 0. The second kappa shape index (κ2) is 6.99. The maximum atomic E-state index is 4.96. The molecule has 0 spiro atoms. The Labute approximate surface area is 62.9 Å². The number of nitrogens with zero attached hydrogens (tertiary/aromatic N) is 1. The van der Waals surface area contributed by atoms with Gasteiger partial charge in [-0.25, -0.2) is 0 Å². The molecular formula is C7H17NO2. The number of ether oxygens (including phenoxy) is 2. The molecule has 0 bridgehead atoms. The van der Waals surface area contributed by atoms with Crippen LogP contribution in [0.5, 0.6) is 0 Å². The van der Waals surface area contributed by atoms with Crippen LogP contribution in [0.2, 0.25) is 0 Å². The molecule has 62 valence electrons. The molecule has 0 radical (unpaired) electrons. The van der Waals surface area contributed by atoms with E-state index in [1.807, 2.05) is 0 Å². The minimum absolute atomic E-state index is 0.694. The van der Waals surface area contributed by atoms with Gasteiger partial charge < -0.3 is 9.47 Å². The summed E-state index contributed by atoms with van der Waals surface area (Å²) < 4.78 is 9.89. The first kappa shape index (κ1) is 9.88. The lowest BCUT2D eigenvalue weighted by Gasteiger charge is -2.17. The molecule has 0 aromatic rings. The first-order chi connectivity index (χ1) is 4.85. The SMILES string of the molecule is CCN(CCOC)COC. The highest BCUT2D eigenvalue weighted by molar-refractivity contribution is 4.46. The van der Waals surface area contributed by atoms with Gasteiger partial charge in [0.05, 0.1) is 13.3 Å². The molecular weight excluding hydrogens is 130 g/mol. The van der Waals surface area contributed by atoms with E-state index in [-0.39, 0.29) is 0 Å². The average Bonchev–Trinajstić information content (AvgIpc) is 1.98. The zero-order chi connectivity index (χ0) is 7.82. The smallest absolute Gasteiger partial charge is 0.0987 e. The van der Waals surface area contributed by atoms with Crippen molar-refractivity contribution in [2.45, 2.75) is 6.92 Å². The van der Waals surface area contributed by atoms with Crippen molar-refractivity contribution in [1.29, 1.82) is 0 Å². The molecule has 0 amide bonds. The Balaban J connectivity index is 3.21. The topological polar surface area (TPSA) is 21.7 Å². The highest BCUT2D eigenvalue weighted by atomic mass is 16.5. The normalized spacial score (nSPS) is 10.8. The van der Waals surface area contributed by atoms with E-state index in [0.717, 1.165) is 19.7 Å². The third-order valence-electron chi connectivity index (χ3n) is 1.37. The predicted octanol–water partition coefficient (Wildman–Crippen LogP) is 0.559. The number of hydrogen-bond acceptors (Lipinski definition) is 3. The van der Waals surface area contributed by atoms with Gasteiger partial charge in [-0.05, 0) is 6.54 Å². The summed E-state index contributed by atoms with van der Waals surface area (Å²) in [5.74, 6) is 0. The summed E-state index contributed by atoms with van der Waals surface area (Å²) in [6, 6.07) is 0. The van der Waals surface area contributed by atoms with Crippen molar-refractivity contribution >= 4 is 0 Å². The van der Waals surface area contributed by atoms with Gasteiger partial charge in [-0.3, -0.25) is 4.90 Å². The van der Waals surface area contributed by atoms with Gasteiger partial charge in [-0.1, -0.05) is 6.92 Å². The van der Waals surface area contributed by atoms with Gasteiger partial charge in [-0.15, -0.1) is 0 Å². The van der Waals surface area contributed by atoms with Crippen LogP contribution in [0.1, 0.15) is 6.92 Å². The van der Waals surface area contributed by atoms with Gasteiger partial charge >= 0.3 is 0 Å². The molecule has 0 aromatic carbocycles. The highest BCUT2D eigenvalue weighted by Crippen LogP contribution is 1.86. The van der Waals surface area contributed by atoms with Gasteiger partial charge in [0.15, 0.2) is 0 Å². The Morgan fingerprint density at radius 1 is 1.20 bits per heavy atom. The van der Waals surface area contributed by atoms with Crippen LogP contribution in [0.15, 0.2) is 0 Å².